The first-order valence-electron chi connectivity index (χ1n) is 23.5. The summed E-state index contributed by atoms with van der Waals surface area (Å²) in [5.41, 5.74) is 0. The number of carbonyl (C=O) groups excluding carboxylic acids is 2. The van der Waals surface area contributed by atoms with Gasteiger partial charge in [0.15, 0.2) is 0 Å². The van der Waals surface area contributed by atoms with E-state index in [9.17, 15) is 14.4 Å². The average Bonchev–Trinajstić information content (AvgIpc) is 3.16. The number of esters is 1. The second-order valence-corrected chi connectivity index (χ2v) is 16.0. The van der Waals surface area contributed by atoms with Gasteiger partial charge < -0.3 is 15.2 Å². The maximum absolute atomic E-state index is 12.7. The van der Waals surface area contributed by atoms with E-state index in [2.05, 4.69) is 43.5 Å². The summed E-state index contributed by atoms with van der Waals surface area (Å²) in [6.07, 6.45) is 53.4. The molecule has 0 aromatic carbocycles. The number of allylic oxidation sites excluding steroid dienone is 3. The summed E-state index contributed by atoms with van der Waals surface area (Å²) in [6, 6.07) is 0. The highest BCUT2D eigenvalue weighted by Crippen LogP contribution is 2.17. The first-order valence-corrected chi connectivity index (χ1v) is 23.5. The number of carboxylic acids is 1. The van der Waals surface area contributed by atoms with E-state index in [4.69, 9.17) is 9.84 Å². The first-order chi connectivity index (χ1) is 26.5. The van der Waals surface area contributed by atoms with Crippen LogP contribution in [0.3, 0.4) is 0 Å². The molecule has 0 aromatic heterocycles. The Morgan fingerprint density at radius 1 is 0.500 bits per heavy atom. The van der Waals surface area contributed by atoms with E-state index < -0.39 is 5.97 Å². The van der Waals surface area contributed by atoms with E-state index in [-0.39, 0.29) is 24.5 Å². The van der Waals surface area contributed by atoms with Crippen LogP contribution in [0.1, 0.15) is 251 Å². The summed E-state index contributed by atoms with van der Waals surface area (Å²) < 4.78 is 5.94. The fourth-order valence-corrected chi connectivity index (χ4v) is 7.11. The molecule has 0 rings (SSSR count). The highest BCUT2D eigenvalue weighted by Gasteiger charge is 2.11. The van der Waals surface area contributed by atoms with E-state index in [0.717, 1.165) is 70.6 Å². The van der Waals surface area contributed by atoms with Crippen LogP contribution in [0.4, 0.5) is 0 Å². The molecule has 0 aromatic rings. The van der Waals surface area contributed by atoms with Crippen molar-refractivity contribution in [1.82, 2.24) is 5.32 Å². The third-order valence-corrected chi connectivity index (χ3v) is 10.6. The van der Waals surface area contributed by atoms with Crippen molar-refractivity contribution in [3.8, 4) is 0 Å². The quantitative estimate of drug-likeness (QED) is 0.0367. The van der Waals surface area contributed by atoms with Crippen LogP contribution in [0.15, 0.2) is 24.3 Å². The van der Waals surface area contributed by atoms with Gasteiger partial charge in [0.05, 0.1) is 0 Å². The Kier molecular flexibility index (Phi) is 41.9. The van der Waals surface area contributed by atoms with Crippen LogP contribution in [0.2, 0.25) is 0 Å². The minimum absolute atomic E-state index is 0.0644. The molecule has 0 saturated carbocycles. The van der Waals surface area contributed by atoms with Gasteiger partial charge in [-0.15, -0.1) is 0 Å². The standard InChI is InChI=1S/C48H89NO5/c1-3-5-7-9-11-13-14-15-16-17-18-19-20-21-22-23-24-25-27-29-35-39-43-48(53)54-45(40-36-32-28-26-12-10-8-6-4-2)41-37-33-30-31-34-38-42-46(50)49-44-47(51)52/h26,28,36,40,45H,3-25,27,29-35,37-39,41-44H2,1-2H3,(H,49,50)(H,51,52)/b28-26-,40-36-. The third-order valence-electron chi connectivity index (χ3n) is 10.6. The van der Waals surface area contributed by atoms with Gasteiger partial charge in [-0.3, -0.25) is 14.4 Å². The molecular weight excluding hydrogens is 671 g/mol. The average molecular weight is 760 g/mol. The van der Waals surface area contributed by atoms with Gasteiger partial charge in [-0.1, -0.05) is 212 Å². The second kappa shape index (κ2) is 43.6. The summed E-state index contributed by atoms with van der Waals surface area (Å²) in [7, 11) is 0. The smallest absolute Gasteiger partial charge is 0.322 e. The maximum atomic E-state index is 12.7. The summed E-state index contributed by atoms with van der Waals surface area (Å²) in [5, 5.41) is 11.1. The van der Waals surface area contributed by atoms with Crippen LogP contribution in [-0.2, 0) is 19.1 Å². The van der Waals surface area contributed by atoms with E-state index in [0.29, 0.717) is 12.8 Å². The molecule has 6 nitrogen and oxygen atoms in total. The molecule has 1 unspecified atom stereocenters. The Bertz CT molecular complexity index is 884. The zero-order valence-electron chi connectivity index (χ0n) is 35.8. The number of aliphatic carboxylic acids is 1. The molecule has 0 aliphatic carbocycles. The van der Waals surface area contributed by atoms with Crippen molar-refractivity contribution in [2.75, 3.05) is 6.54 Å². The largest absolute Gasteiger partial charge is 0.480 e. The van der Waals surface area contributed by atoms with Crippen molar-refractivity contribution in [2.45, 2.75) is 258 Å². The van der Waals surface area contributed by atoms with Gasteiger partial charge in [0.2, 0.25) is 5.91 Å². The van der Waals surface area contributed by atoms with Crippen LogP contribution in [0.5, 0.6) is 0 Å². The predicted molar refractivity (Wildman–Crippen MR) is 231 cm³/mol. The summed E-state index contributed by atoms with van der Waals surface area (Å²) >= 11 is 0. The lowest BCUT2D eigenvalue weighted by atomic mass is 10.0. The molecule has 0 heterocycles. The van der Waals surface area contributed by atoms with Crippen LogP contribution in [0.25, 0.3) is 0 Å². The lowest BCUT2D eigenvalue weighted by molar-refractivity contribution is -0.147. The van der Waals surface area contributed by atoms with E-state index in [1.54, 1.807) is 0 Å². The minimum Gasteiger partial charge on any atom is -0.480 e. The minimum atomic E-state index is -1.02. The maximum Gasteiger partial charge on any atom is 0.322 e. The molecule has 1 amide bonds. The number of carbonyl (C=O) groups is 3. The summed E-state index contributed by atoms with van der Waals surface area (Å²) in [6.45, 7) is 4.22. The highest BCUT2D eigenvalue weighted by atomic mass is 16.5. The molecular formula is C48H89NO5. The molecule has 0 bridgehead atoms. The number of hydrogen-bond donors (Lipinski definition) is 2. The molecule has 54 heavy (non-hydrogen) atoms. The SMILES string of the molecule is CCCCCC/C=C\C/C=C\C(CCCCCCCCC(=O)NCC(=O)O)OC(=O)CCCCCCCCCCCCCCCCCCCCCCCC. The van der Waals surface area contributed by atoms with Gasteiger partial charge in [0.25, 0.3) is 0 Å². The van der Waals surface area contributed by atoms with Crippen molar-refractivity contribution >= 4 is 17.8 Å². The van der Waals surface area contributed by atoms with Gasteiger partial charge >= 0.3 is 11.9 Å². The Hall–Kier alpha value is -2.11. The van der Waals surface area contributed by atoms with Gasteiger partial charge in [0, 0.05) is 12.8 Å². The second-order valence-electron chi connectivity index (χ2n) is 16.0. The Morgan fingerprint density at radius 2 is 0.907 bits per heavy atom. The monoisotopic (exact) mass is 760 g/mol. The van der Waals surface area contributed by atoms with Crippen molar-refractivity contribution < 1.29 is 24.2 Å². The molecule has 6 heteroatoms. The number of unbranched alkanes of at least 4 members (excludes halogenated alkanes) is 30. The lowest BCUT2D eigenvalue weighted by Crippen LogP contribution is -2.28. The molecule has 316 valence electrons. The molecule has 0 fully saturated rings. The fraction of sp³-hybridized carbons (Fsp3) is 0.854. The number of ether oxygens (including phenoxy) is 1. The zero-order valence-corrected chi connectivity index (χ0v) is 35.8. The number of rotatable bonds is 43. The number of nitrogens with one attached hydrogen (secondary N) is 1. The molecule has 1 atom stereocenters. The third kappa shape index (κ3) is 42.6. The van der Waals surface area contributed by atoms with Gasteiger partial charge in [0.1, 0.15) is 12.6 Å². The molecule has 0 spiro atoms. The zero-order chi connectivity index (χ0) is 39.4. The van der Waals surface area contributed by atoms with E-state index in [1.165, 1.54) is 154 Å². The Labute approximate surface area is 334 Å². The predicted octanol–water partition coefficient (Wildman–Crippen LogP) is 14.7. The molecule has 2 N–H and O–H groups in total. The van der Waals surface area contributed by atoms with Gasteiger partial charge in [-0.25, -0.2) is 0 Å². The molecule has 0 aliphatic heterocycles. The topological polar surface area (TPSA) is 92.7 Å². The van der Waals surface area contributed by atoms with Crippen LogP contribution < -0.4 is 5.32 Å². The van der Waals surface area contributed by atoms with Gasteiger partial charge in [-0.2, -0.15) is 0 Å². The molecule has 0 aliphatic rings. The van der Waals surface area contributed by atoms with Crippen molar-refractivity contribution in [1.29, 1.82) is 0 Å². The fourth-order valence-electron chi connectivity index (χ4n) is 7.11. The summed E-state index contributed by atoms with van der Waals surface area (Å²) in [5.74, 6) is -1.27. The van der Waals surface area contributed by atoms with Crippen LogP contribution >= 0.6 is 0 Å². The summed E-state index contributed by atoms with van der Waals surface area (Å²) in [4.78, 5) is 34.9. The van der Waals surface area contributed by atoms with Gasteiger partial charge in [-0.05, 0) is 51.0 Å². The highest BCUT2D eigenvalue weighted by molar-refractivity contribution is 5.80. The van der Waals surface area contributed by atoms with E-state index in [1.807, 2.05) is 0 Å². The first kappa shape index (κ1) is 51.9. The molecule has 0 radical (unpaired) electrons. The van der Waals surface area contributed by atoms with Crippen LogP contribution in [-0.4, -0.2) is 35.6 Å². The number of carboxylic acid groups (broad SMARTS) is 1. The normalized spacial score (nSPS) is 12.2. The van der Waals surface area contributed by atoms with Crippen molar-refractivity contribution in [3.63, 3.8) is 0 Å². The lowest BCUT2D eigenvalue weighted by Gasteiger charge is -2.14. The van der Waals surface area contributed by atoms with Crippen molar-refractivity contribution in [2.24, 2.45) is 0 Å². The number of amides is 1. The van der Waals surface area contributed by atoms with Crippen LogP contribution in [0, 0.1) is 0 Å². The Morgan fingerprint density at radius 3 is 1.37 bits per heavy atom. The number of hydrogen-bond acceptors (Lipinski definition) is 4. The van der Waals surface area contributed by atoms with Crippen molar-refractivity contribution in [3.05, 3.63) is 24.3 Å². The Balaban J connectivity index is 3.99. The van der Waals surface area contributed by atoms with E-state index >= 15 is 0 Å². The molecule has 0 saturated heterocycles.